The van der Waals surface area contributed by atoms with Crippen LogP contribution >= 0.6 is 11.6 Å². The van der Waals surface area contributed by atoms with Gasteiger partial charge in [-0.05, 0) is 45.0 Å². The van der Waals surface area contributed by atoms with Crippen molar-refractivity contribution in [3.63, 3.8) is 0 Å². The Morgan fingerprint density at radius 1 is 1.22 bits per heavy atom. The molecule has 1 amide bonds. The standard InChI is InChI=1S/C14H19ClN2O5S/c1-4-16-13(18)10(3)22-14(19)9(2)17-23(20,21)12-7-5-11(15)6-8-12/h5-10,17H,4H2,1-3H3,(H,16,18)/t9-,10+/m0/s1. The highest BCUT2D eigenvalue weighted by atomic mass is 35.5. The largest absolute Gasteiger partial charge is 0.451 e. The third kappa shape index (κ3) is 5.81. The van der Waals surface area contributed by atoms with Gasteiger partial charge >= 0.3 is 5.97 Å². The lowest BCUT2D eigenvalue weighted by molar-refractivity contribution is -0.156. The van der Waals surface area contributed by atoms with Crippen LogP contribution in [-0.2, 0) is 24.3 Å². The number of carbonyl (C=O) groups is 2. The van der Waals surface area contributed by atoms with Crippen molar-refractivity contribution in [1.82, 2.24) is 10.0 Å². The Hall–Kier alpha value is -1.64. The van der Waals surface area contributed by atoms with Crippen molar-refractivity contribution in [3.05, 3.63) is 29.3 Å². The van der Waals surface area contributed by atoms with Gasteiger partial charge in [0.15, 0.2) is 6.10 Å². The molecule has 7 nitrogen and oxygen atoms in total. The van der Waals surface area contributed by atoms with Gasteiger partial charge in [-0.3, -0.25) is 9.59 Å². The first-order valence-electron chi connectivity index (χ1n) is 6.93. The van der Waals surface area contributed by atoms with Crippen LogP contribution in [0.3, 0.4) is 0 Å². The molecule has 0 saturated carbocycles. The molecule has 0 spiro atoms. The lowest BCUT2D eigenvalue weighted by Gasteiger charge is -2.17. The average molecular weight is 363 g/mol. The number of hydrogen-bond donors (Lipinski definition) is 2. The summed E-state index contributed by atoms with van der Waals surface area (Å²) >= 11 is 5.70. The molecule has 0 fully saturated rings. The fourth-order valence-electron chi connectivity index (χ4n) is 1.61. The van der Waals surface area contributed by atoms with E-state index in [1.54, 1.807) is 6.92 Å². The maximum Gasteiger partial charge on any atom is 0.324 e. The molecule has 0 saturated heterocycles. The van der Waals surface area contributed by atoms with Gasteiger partial charge in [0.1, 0.15) is 6.04 Å². The molecule has 0 aromatic heterocycles. The lowest BCUT2D eigenvalue weighted by atomic mass is 10.3. The molecule has 0 unspecified atom stereocenters. The minimum atomic E-state index is -3.90. The monoisotopic (exact) mass is 362 g/mol. The topological polar surface area (TPSA) is 102 Å². The first-order valence-corrected chi connectivity index (χ1v) is 8.79. The number of halogens is 1. The smallest absolute Gasteiger partial charge is 0.324 e. The number of benzene rings is 1. The van der Waals surface area contributed by atoms with E-state index < -0.39 is 34.0 Å². The predicted molar refractivity (Wildman–Crippen MR) is 85.5 cm³/mol. The van der Waals surface area contributed by atoms with Gasteiger partial charge in [-0.2, -0.15) is 4.72 Å². The van der Waals surface area contributed by atoms with Crippen molar-refractivity contribution >= 4 is 33.5 Å². The third-order valence-electron chi connectivity index (χ3n) is 2.82. The number of nitrogens with one attached hydrogen (secondary N) is 2. The number of amides is 1. The summed E-state index contributed by atoms with van der Waals surface area (Å²) in [5, 5.41) is 2.90. The zero-order valence-electron chi connectivity index (χ0n) is 13.0. The molecule has 0 heterocycles. The average Bonchev–Trinajstić information content (AvgIpc) is 2.47. The van der Waals surface area contributed by atoms with Gasteiger partial charge < -0.3 is 10.1 Å². The number of likely N-dealkylation sites (N-methyl/N-ethyl adjacent to an activating group) is 1. The van der Waals surface area contributed by atoms with Crippen molar-refractivity contribution in [2.75, 3.05) is 6.54 Å². The molecule has 0 aliphatic carbocycles. The van der Waals surface area contributed by atoms with E-state index in [0.29, 0.717) is 11.6 Å². The molecule has 128 valence electrons. The molecule has 0 aliphatic rings. The molecular formula is C14H19ClN2O5S. The second kappa shape index (κ2) is 8.28. The number of ether oxygens (including phenoxy) is 1. The van der Waals surface area contributed by atoms with Crippen LogP contribution in [0.25, 0.3) is 0 Å². The summed E-state index contributed by atoms with van der Waals surface area (Å²) in [4.78, 5) is 23.3. The van der Waals surface area contributed by atoms with Gasteiger partial charge in [-0.15, -0.1) is 0 Å². The van der Waals surface area contributed by atoms with Crippen molar-refractivity contribution in [3.8, 4) is 0 Å². The summed E-state index contributed by atoms with van der Waals surface area (Å²) in [5.74, 6) is -1.30. The molecule has 1 rings (SSSR count). The summed E-state index contributed by atoms with van der Waals surface area (Å²) in [6.45, 7) is 4.87. The second-order valence-corrected chi connectivity index (χ2v) is 6.92. The minimum Gasteiger partial charge on any atom is -0.451 e. The van der Waals surface area contributed by atoms with Crippen LogP contribution in [0.4, 0.5) is 0 Å². The molecule has 1 aromatic rings. The molecular weight excluding hydrogens is 344 g/mol. The summed E-state index contributed by atoms with van der Waals surface area (Å²) in [6, 6.07) is 4.35. The van der Waals surface area contributed by atoms with Crippen molar-refractivity contribution < 1.29 is 22.7 Å². The first kappa shape index (κ1) is 19.4. The van der Waals surface area contributed by atoms with Crippen LogP contribution in [0.1, 0.15) is 20.8 Å². The summed E-state index contributed by atoms with van der Waals surface area (Å²) in [7, 11) is -3.90. The fourth-order valence-corrected chi connectivity index (χ4v) is 2.93. The Balaban J connectivity index is 2.70. The van der Waals surface area contributed by atoms with Gasteiger partial charge in [0.2, 0.25) is 10.0 Å². The first-order chi connectivity index (χ1) is 10.7. The number of rotatable bonds is 7. The van der Waals surface area contributed by atoms with Crippen LogP contribution in [0.2, 0.25) is 5.02 Å². The Bertz CT molecular complexity index is 660. The van der Waals surface area contributed by atoms with E-state index in [2.05, 4.69) is 10.0 Å². The van der Waals surface area contributed by atoms with Gasteiger partial charge in [0.25, 0.3) is 5.91 Å². The summed E-state index contributed by atoms with van der Waals surface area (Å²) < 4.78 is 31.4. The Morgan fingerprint density at radius 2 is 1.78 bits per heavy atom. The van der Waals surface area contributed by atoms with E-state index in [1.807, 2.05) is 0 Å². The quantitative estimate of drug-likeness (QED) is 0.706. The molecule has 0 aliphatic heterocycles. The van der Waals surface area contributed by atoms with E-state index in [0.717, 1.165) is 0 Å². The second-order valence-electron chi connectivity index (χ2n) is 4.77. The maximum atomic E-state index is 12.1. The maximum absolute atomic E-state index is 12.1. The van der Waals surface area contributed by atoms with Crippen molar-refractivity contribution in [1.29, 1.82) is 0 Å². The number of carbonyl (C=O) groups excluding carboxylic acids is 2. The van der Waals surface area contributed by atoms with E-state index in [-0.39, 0.29) is 4.90 Å². The Labute approximate surface area is 140 Å². The molecule has 0 bridgehead atoms. The van der Waals surface area contributed by atoms with Gasteiger partial charge in [-0.1, -0.05) is 11.6 Å². The van der Waals surface area contributed by atoms with Crippen LogP contribution in [0.5, 0.6) is 0 Å². The minimum absolute atomic E-state index is 0.0293. The highest BCUT2D eigenvalue weighted by Gasteiger charge is 2.26. The van der Waals surface area contributed by atoms with Crippen molar-refractivity contribution in [2.45, 2.75) is 37.8 Å². The normalized spacial score (nSPS) is 13.9. The SMILES string of the molecule is CCNC(=O)[C@@H](C)OC(=O)[C@H](C)NS(=O)(=O)c1ccc(Cl)cc1. The van der Waals surface area contributed by atoms with Gasteiger partial charge in [-0.25, -0.2) is 8.42 Å². The highest BCUT2D eigenvalue weighted by molar-refractivity contribution is 7.89. The predicted octanol–water partition coefficient (Wildman–Crippen LogP) is 1.07. The van der Waals surface area contributed by atoms with Crippen LogP contribution < -0.4 is 10.0 Å². The van der Waals surface area contributed by atoms with Crippen LogP contribution in [-0.4, -0.2) is 39.0 Å². The van der Waals surface area contributed by atoms with Gasteiger partial charge in [0, 0.05) is 11.6 Å². The molecule has 2 atom stereocenters. The third-order valence-corrected chi connectivity index (χ3v) is 4.63. The van der Waals surface area contributed by atoms with E-state index in [4.69, 9.17) is 16.3 Å². The Morgan fingerprint density at radius 3 is 2.30 bits per heavy atom. The molecule has 9 heteroatoms. The number of esters is 1. The number of hydrogen-bond acceptors (Lipinski definition) is 5. The van der Waals surface area contributed by atoms with E-state index >= 15 is 0 Å². The molecule has 23 heavy (non-hydrogen) atoms. The zero-order chi connectivity index (χ0) is 17.6. The van der Waals surface area contributed by atoms with Crippen LogP contribution in [0, 0.1) is 0 Å². The molecule has 2 N–H and O–H groups in total. The van der Waals surface area contributed by atoms with E-state index in [1.165, 1.54) is 38.1 Å². The van der Waals surface area contributed by atoms with E-state index in [9.17, 15) is 18.0 Å². The summed E-state index contributed by atoms with van der Waals surface area (Å²) in [5.41, 5.74) is 0. The summed E-state index contributed by atoms with van der Waals surface area (Å²) in [6.07, 6.45) is -1.01. The van der Waals surface area contributed by atoms with Crippen molar-refractivity contribution in [2.24, 2.45) is 0 Å². The van der Waals surface area contributed by atoms with Gasteiger partial charge in [0.05, 0.1) is 4.90 Å². The number of sulfonamides is 1. The zero-order valence-corrected chi connectivity index (χ0v) is 14.6. The molecule has 1 aromatic carbocycles. The fraction of sp³-hybridized carbons (Fsp3) is 0.429. The lowest BCUT2D eigenvalue weighted by Crippen LogP contribution is -2.43. The van der Waals surface area contributed by atoms with Crippen LogP contribution in [0.15, 0.2) is 29.2 Å². The Kier molecular flexibility index (Phi) is 6.99. The molecule has 0 radical (unpaired) electrons. The highest BCUT2D eigenvalue weighted by Crippen LogP contribution is 2.14.